The van der Waals surface area contributed by atoms with E-state index in [0.29, 0.717) is 5.69 Å². The lowest BCUT2D eigenvalue weighted by molar-refractivity contribution is 0.250. The van der Waals surface area contributed by atoms with Crippen LogP contribution in [0.5, 0.6) is 5.75 Å². The number of nitrogens with zero attached hydrogens (tertiary/aromatic N) is 1. The van der Waals surface area contributed by atoms with Crippen molar-refractivity contribution in [1.29, 1.82) is 0 Å². The average Bonchev–Trinajstić information content (AvgIpc) is 2.47. The maximum Gasteiger partial charge on any atom is 0.325 e. The maximum absolute atomic E-state index is 12.0. The minimum absolute atomic E-state index is 0.169. The first kappa shape index (κ1) is 15.1. The van der Waals surface area contributed by atoms with Crippen molar-refractivity contribution in [2.45, 2.75) is 0 Å². The summed E-state index contributed by atoms with van der Waals surface area (Å²) in [4.78, 5) is 13.4. The van der Waals surface area contributed by atoms with Crippen LogP contribution in [-0.4, -0.2) is 18.2 Å². The number of nitrogens with one attached hydrogen (secondary N) is 1. The fraction of sp³-hybridized carbons (Fsp3) is 0.0625. The molecule has 0 heterocycles. The Morgan fingerprint density at radius 3 is 2.62 bits per heavy atom. The normalized spacial score (nSPS) is 10.6. The molecule has 0 atom stereocenters. The summed E-state index contributed by atoms with van der Waals surface area (Å²) in [5, 5.41) is 11.9. The predicted molar refractivity (Wildman–Crippen MR) is 88.2 cm³/mol. The van der Waals surface area contributed by atoms with Gasteiger partial charge in [0.25, 0.3) is 0 Å². The number of amides is 2. The van der Waals surface area contributed by atoms with E-state index in [-0.39, 0.29) is 11.8 Å². The fourth-order valence-corrected chi connectivity index (χ4v) is 2.13. The summed E-state index contributed by atoms with van der Waals surface area (Å²) in [5.41, 5.74) is 1.68. The van der Waals surface area contributed by atoms with Crippen molar-refractivity contribution in [2.75, 3.05) is 11.9 Å². The zero-order valence-corrected chi connectivity index (χ0v) is 13.0. The topological polar surface area (TPSA) is 52.6 Å². The van der Waals surface area contributed by atoms with Crippen molar-refractivity contribution in [2.24, 2.45) is 0 Å². The minimum atomic E-state index is -0.257. The van der Waals surface area contributed by atoms with Gasteiger partial charge in [-0.3, -0.25) is 4.90 Å². The predicted octanol–water partition coefficient (Wildman–Crippen LogP) is 3.97. The Morgan fingerprint density at radius 2 is 1.95 bits per heavy atom. The summed E-state index contributed by atoms with van der Waals surface area (Å²) in [6.45, 7) is 0. The number of carbonyl (C=O) groups excluding carboxylic acids is 1. The fourth-order valence-electron chi connectivity index (χ4n) is 1.71. The standard InChI is InChI=1S/C16H15BrN2O2/c1-19(14-5-7-15(20)8-6-14)16(21)18-10-9-12-3-2-4-13(17)11-12/h2-11,20H,1H3,(H,18,21)/b10-9+. The van der Waals surface area contributed by atoms with Gasteiger partial charge < -0.3 is 10.4 Å². The van der Waals surface area contributed by atoms with E-state index in [1.165, 1.54) is 17.0 Å². The van der Waals surface area contributed by atoms with Crippen LogP contribution in [-0.2, 0) is 0 Å². The lowest BCUT2D eigenvalue weighted by Crippen LogP contribution is -2.34. The van der Waals surface area contributed by atoms with Crippen LogP contribution in [0.2, 0.25) is 0 Å². The lowest BCUT2D eigenvalue weighted by atomic mass is 10.2. The van der Waals surface area contributed by atoms with Gasteiger partial charge in [0, 0.05) is 23.4 Å². The quantitative estimate of drug-likeness (QED) is 0.883. The smallest absolute Gasteiger partial charge is 0.325 e. The van der Waals surface area contributed by atoms with Gasteiger partial charge in [0.05, 0.1) is 0 Å². The molecule has 2 aromatic rings. The van der Waals surface area contributed by atoms with Crippen molar-refractivity contribution in [3.05, 3.63) is 64.8 Å². The molecule has 0 aliphatic carbocycles. The molecular formula is C16H15BrN2O2. The number of rotatable bonds is 3. The molecule has 0 saturated carbocycles. The Bertz CT molecular complexity index is 654. The summed E-state index contributed by atoms with van der Waals surface area (Å²) >= 11 is 3.39. The largest absolute Gasteiger partial charge is 0.508 e. The minimum Gasteiger partial charge on any atom is -0.508 e. The third kappa shape index (κ3) is 4.36. The highest BCUT2D eigenvalue weighted by atomic mass is 79.9. The van der Waals surface area contributed by atoms with Crippen LogP contribution >= 0.6 is 15.9 Å². The first-order valence-corrected chi connectivity index (χ1v) is 7.11. The third-order valence-electron chi connectivity index (χ3n) is 2.87. The number of halogens is 1. The second-order valence-electron chi connectivity index (χ2n) is 4.41. The highest BCUT2D eigenvalue weighted by Gasteiger charge is 2.08. The average molecular weight is 347 g/mol. The number of urea groups is 1. The summed E-state index contributed by atoms with van der Waals surface area (Å²) in [5.74, 6) is 0.169. The van der Waals surface area contributed by atoms with E-state index in [1.807, 2.05) is 30.3 Å². The van der Waals surface area contributed by atoms with E-state index in [4.69, 9.17) is 0 Å². The van der Waals surface area contributed by atoms with Gasteiger partial charge in [-0.15, -0.1) is 0 Å². The molecule has 0 aliphatic rings. The molecule has 108 valence electrons. The molecule has 0 aromatic heterocycles. The molecule has 0 unspecified atom stereocenters. The van der Waals surface area contributed by atoms with Crippen LogP contribution in [0.1, 0.15) is 5.56 Å². The van der Waals surface area contributed by atoms with Crippen LogP contribution in [0.4, 0.5) is 10.5 Å². The molecule has 0 saturated heterocycles. The molecule has 2 amide bonds. The third-order valence-corrected chi connectivity index (χ3v) is 3.37. The number of phenolic OH excluding ortho intramolecular Hbond substituents is 1. The van der Waals surface area contributed by atoms with Crippen molar-refractivity contribution in [1.82, 2.24) is 5.32 Å². The summed E-state index contributed by atoms with van der Waals surface area (Å²) in [6.07, 6.45) is 3.41. The summed E-state index contributed by atoms with van der Waals surface area (Å²) in [7, 11) is 1.66. The van der Waals surface area contributed by atoms with Crippen molar-refractivity contribution >= 4 is 33.7 Å². The van der Waals surface area contributed by atoms with Crippen molar-refractivity contribution in [3.8, 4) is 5.75 Å². The van der Waals surface area contributed by atoms with Gasteiger partial charge in [-0.05, 0) is 48.0 Å². The SMILES string of the molecule is CN(C(=O)N/C=C/c1cccc(Br)c1)c1ccc(O)cc1. The van der Waals surface area contributed by atoms with Crippen LogP contribution in [0.3, 0.4) is 0 Å². The second kappa shape index (κ2) is 6.95. The molecule has 21 heavy (non-hydrogen) atoms. The van der Waals surface area contributed by atoms with Crippen LogP contribution < -0.4 is 10.2 Å². The molecule has 5 heteroatoms. The molecule has 4 nitrogen and oxygen atoms in total. The first-order valence-electron chi connectivity index (χ1n) is 6.31. The van der Waals surface area contributed by atoms with Gasteiger partial charge in [0.15, 0.2) is 0 Å². The molecule has 2 aromatic carbocycles. The molecule has 0 bridgehead atoms. The van der Waals surface area contributed by atoms with Crippen LogP contribution in [0.15, 0.2) is 59.2 Å². The zero-order valence-electron chi connectivity index (χ0n) is 11.5. The van der Waals surface area contributed by atoms with Gasteiger partial charge in [-0.1, -0.05) is 28.1 Å². The lowest BCUT2D eigenvalue weighted by Gasteiger charge is -2.16. The zero-order chi connectivity index (χ0) is 15.2. The van der Waals surface area contributed by atoms with Crippen molar-refractivity contribution in [3.63, 3.8) is 0 Å². The highest BCUT2D eigenvalue weighted by molar-refractivity contribution is 9.10. The molecule has 0 fully saturated rings. The van der Waals surface area contributed by atoms with E-state index >= 15 is 0 Å². The summed E-state index contributed by atoms with van der Waals surface area (Å²) < 4.78 is 0.984. The Labute approximate surface area is 131 Å². The van der Waals surface area contributed by atoms with Crippen molar-refractivity contribution < 1.29 is 9.90 Å². The molecule has 2 N–H and O–H groups in total. The van der Waals surface area contributed by atoms with E-state index in [2.05, 4.69) is 21.2 Å². The maximum atomic E-state index is 12.0. The van der Waals surface area contributed by atoms with Gasteiger partial charge in [-0.2, -0.15) is 0 Å². The Balaban J connectivity index is 1.96. The number of aromatic hydroxyl groups is 1. The summed E-state index contributed by atoms with van der Waals surface area (Å²) in [6, 6.07) is 13.9. The van der Waals surface area contributed by atoms with Gasteiger partial charge in [0.1, 0.15) is 5.75 Å². The number of benzene rings is 2. The highest BCUT2D eigenvalue weighted by Crippen LogP contribution is 2.17. The molecule has 0 spiro atoms. The second-order valence-corrected chi connectivity index (χ2v) is 5.33. The number of carbonyl (C=O) groups is 1. The first-order chi connectivity index (χ1) is 10.1. The van der Waals surface area contributed by atoms with E-state index < -0.39 is 0 Å². The number of hydrogen-bond acceptors (Lipinski definition) is 2. The Morgan fingerprint density at radius 1 is 1.24 bits per heavy atom. The van der Waals surface area contributed by atoms with E-state index in [9.17, 15) is 9.90 Å². The van der Waals surface area contributed by atoms with E-state index in [0.717, 1.165) is 10.0 Å². The van der Waals surface area contributed by atoms with Crippen LogP contribution in [0.25, 0.3) is 6.08 Å². The number of hydrogen-bond donors (Lipinski definition) is 2. The Kier molecular flexibility index (Phi) is 5.00. The van der Waals surface area contributed by atoms with E-state index in [1.54, 1.807) is 25.4 Å². The number of anilines is 1. The van der Waals surface area contributed by atoms with Crippen LogP contribution in [0, 0.1) is 0 Å². The molecule has 2 rings (SSSR count). The molecule has 0 radical (unpaired) electrons. The Hall–Kier alpha value is -2.27. The van der Waals surface area contributed by atoms with Gasteiger partial charge in [0.2, 0.25) is 0 Å². The molecule has 0 aliphatic heterocycles. The van der Waals surface area contributed by atoms with Gasteiger partial charge in [-0.25, -0.2) is 4.79 Å². The monoisotopic (exact) mass is 346 g/mol. The van der Waals surface area contributed by atoms with Gasteiger partial charge >= 0.3 is 6.03 Å². The molecular weight excluding hydrogens is 332 g/mol. The number of phenols is 1.